The van der Waals surface area contributed by atoms with E-state index in [9.17, 15) is 22.4 Å². The molecule has 2 aromatic rings. The Morgan fingerprint density at radius 1 is 1.06 bits per heavy atom. The van der Waals surface area contributed by atoms with Gasteiger partial charge >= 0.3 is 0 Å². The highest BCUT2D eigenvalue weighted by Gasteiger charge is 2.30. The van der Waals surface area contributed by atoms with Crippen LogP contribution in [0.15, 0.2) is 48.5 Å². The summed E-state index contributed by atoms with van der Waals surface area (Å²) in [5.74, 6) is -1.52. The molecule has 0 spiro atoms. The Balaban J connectivity index is 2.39. The average molecular weight is 484 g/mol. The fraction of sp³-hybridized carbons (Fsp3) is 0.364. The van der Waals surface area contributed by atoms with Crippen molar-refractivity contribution in [1.29, 1.82) is 0 Å². The molecule has 10 heteroatoms. The summed E-state index contributed by atoms with van der Waals surface area (Å²) in [5, 5.41) is 3.18. The number of nitrogens with one attached hydrogen (secondary N) is 1. The Kier molecular flexibility index (Phi) is 8.63. The van der Waals surface area contributed by atoms with E-state index in [1.165, 1.54) is 17.0 Å². The molecule has 0 aromatic heterocycles. The molecule has 0 heterocycles. The molecule has 7 nitrogen and oxygen atoms in total. The van der Waals surface area contributed by atoms with Crippen LogP contribution in [0, 0.1) is 5.82 Å². The predicted octanol–water partition coefficient (Wildman–Crippen LogP) is 3.19. The smallest absolute Gasteiger partial charge is 0.244 e. The van der Waals surface area contributed by atoms with Gasteiger partial charge in [-0.05, 0) is 56.7 Å². The second-order valence-electron chi connectivity index (χ2n) is 7.70. The van der Waals surface area contributed by atoms with Crippen molar-refractivity contribution in [1.82, 2.24) is 10.2 Å². The van der Waals surface area contributed by atoms with Crippen molar-refractivity contribution < 1.29 is 22.4 Å². The van der Waals surface area contributed by atoms with Gasteiger partial charge in [0.05, 0.1) is 11.9 Å². The third-order valence-corrected chi connectivity index (χ3v) is 6.20. The Labute approximate surface area is 193 Å². The van der Waals surface area contributed by atoms with Gasteiger partial charge in [-0.15, -0.1) is 0 Å². The van der Waals surface area contributed by atoms with E-state index in [4.69, 9.17) is 11.6 Å². The van der Waals surface area contributed by atoms with Gasteiger partial charge in [0.1, 0.15) is 18.4 Å². The lowest BCUT2D eigenvalue weighted by Gasteiger charge is -2.32. The molecule has 2 aromatic carbocycles. The zero-order chi connectivity index (χ0) is 24.1. The van der Waals surface area contributed by atoms with Gasteiger partial charge in [-0.25, -0.2) is 12.8 Å². The topological polar surface area (TPSA) is 86.8 Å². The monoisotopic (exact) mass is 483 g/mol. The SMILES string of the molecule is CC(C)NC(=O)C(C)N(Cc1ccccc1Cl)C(=O)CN(c1ccc(F)cc1)S(C)(=O)=O. The third-order valence-electron chi connectivity index (χ3n) is 4.69. The lowest BCUT2D eigenvalue weighted by molar-refractivity contribution is -0.139. The van der Waals surface area contributed by atoms with E-state index in [-0.39, 0.29) is 24.2 Å². The molecule has 0 aliphatic carbocycles. The maximum atomic E-state index is 13.3. The summed E-state index contributed by atoms with van der Waals surface area (Å²) in [5.41, 5.74) is 0.749. The maximum absolute atomic E-state index is 13.3. The minimum absolute atomic E-state index is 0.00616. The Hall–Kier alpha value is -2.65. The van der Waals surface area contributed by atoms with E-state index in [0.717, 1.165) is 22.7 Å². The number of carbonyl (C=O) groups excluding carboxylic acids is 2. The molecule has 2 rings (SSSR count). The summed E-state index contributed by atoms with van der Waals surface area (Å²) in [6.45, 7) is 4.60. The minimum atomic E-state index is -3.87. The Bertz CT molecular complexity index is 1060. The fourth-order valence-electron chi connectivity index (χ4n) is 3.02. The highest BCUT2D eigenvalue weighted by molar-refractivity contribution is 7.92. The molecule has 0 aliphatic rings. The van der Waals surface area contributed by atoms with Crippen molar-refractivity contribution in [3.8, 4) is 0 Å². The van der Waals surface area contributed by atoms with E-state index in [0.29, 0.717) is 10.6 Å². The molecule has 1 N–H and O–H groups in total. The van der Waals surface area contributed by atoms with Crippen molar-refractivity contribution >= 4 is 39.1 Å². The molecule has 0 aliphatic heterocycles. The molecule has 0 fully saturated rings. The minimum Gasteiger partial charge on any atom is -0.352 e. The summed E-state index contributed by atoms with van der Waals surface area (Å²) in [6.07, 6.45) is 0.955. The zero-order valence-corrected chi connectivity index (χ0v) is 20.0. The number of halogens is 2. The largest absolute Gasteiger partial charge is 0.352 e. The van der Waals surface area contributed by atoms with Gasteiger partial charge in [0.2, 0.25) is 21.8 Å². The first kappa shape index (κ1) is 25.6. The molecule has 2 amide bonds. The number of hydrogen-bond acceptors (Lipinski definition) is 4. The van der Waals surface area contributed by atoms with Gasteiger partial charge in [0, 0.05) is 17.6 Å². The zero-order valence-electron chi connectivity index (χ0n) is 18.4. The molecule has 32 heavy (non-hydrogen) atoms. The number of hydrogen-bond donors (Lipinski definition) is 1. The van der Waals surface area contributed by atoms with E-state index < -0.39 is 34.3 Å². The van der Waals surface area contributed by atoms with Gasteiger partial charge in [0.25, 0.3) is 0 Å². The van der Waals surface area contributed by atoms with Crippen LogP contribution in [0.4, 0.5) is 10.1 Å². The molecule has 0 bridgehead atoms. The average Bonchev–Trinajstić information content (AvgIpc) is 2.70. The van der Waals surface area contributed by atoms with Crippen molar-refractivity contribution in [3.63, 3.8) is 0 Å². The van der Waals surface area contributed by atoms with Gasteiger partial charge in [-0.1, -0.05) is 29.8 Å². The molecular weight excluding hydrogens is 457 g/mol. The van der Waals surface area contributed by atoms with Crippen LogP contribution in [-0.4, -0.2) is 50.0 Å². The van der Waals surface area contributed by atoms with Crippen LogP contribution in [0.25, 0.3) is 0 Å². The van der Waals surface area contributed by atoms with Crippen molar-refractivity contribution in [2.75, 3.05) is 17.1 Å². The van der Waals surface area contributed by atoms with Crippen LogP contribution in [0.1, 0.15) is 26.3 Å². The van der Waals surface area contributed by atoms with E-state index in [2.05, 4.69) is 5.32 Å². The number of nitrogens with zero attached hydrogens (tertiary/aromatic N) is 2. The van der Waals surface area contributed by atoms with Crippen LogP contribution in [-0.2, 0) is 26.2 Å². The molecule has 0 radical (unpaired) electrons. The standard InChI is InChI=1S/C22H27ClFN3O4S/c1-15(2)25-22(29)16(3)26(13-17-7-5-6-8-20(17)23)21(28)14-27(32(4,30)31)19-11-9-18(24)10-12-19/h5-12,15-16H,13-14H2,1-4H3,(H,25,29). The second kappa shape index (κ2) is 10.8. The van der Waals surface area contributed by atoms with Crippen molar-refractivity contribution in [2.24, 2.45) is 0 Å². The van der Waals surface area contributed by atoms with Crippen molar-refractivity contribution in [2.45, 2.75) is 39.4 Å². The lowest BCUT2D eigenvalue weighted by Crippen LogP contribution is -2.52. The molecule has 174 valence electrons. The molecular formula is C22H27ClFN3O4S. The van der Waals surface area contributed by atoms with Crippen molar-refractivity contribution in [3.05, 3.63) is 64.9 Å². The quantitative estimate of drug-likeness (QED) is 0.593. The lowest BCUT2D eigenvalue weighted by atomic mass is 10.1. The predicted molar refractivity (Wildman–Crippen MR) is 123 cm³/mol. The normalized spacial score (nSPS) is 12.3. The van der Waals surface area contributed by atoms with Crippen LogP contribution in [0.5, 0.6) is 0 Å². The number of anilines is 1. The first-order chi connectivity index (χ1) is 14.9. The van der Waals surface area contributed by atoms with E-state index in [1.54, 1.807) is 45.0 Å². The van der Waals surface area contributed by atoms with Gasteiger partial charge in [0.15, 0.2) is 0 Å². The number of rotatable bonds is 9. The molecule has 1 atom stereocenters. The summed E-state index contributed by atoms with van der Waals surface area (Å²) < 4.78 is 39.0. The first-order valence-corrected chi connectivity index (χ1v) is 12.2. The molecule has 1 unspecified atom stereocenters. The van der Waals surface area contributed by atoms with Crippen LogP contribution >= 0.6 is 11.6 Å². The van der Waals surface area contributed by atoms with Gasteiger partial charge in [-0.3, -0.25) is 13.9 Å². The summed E-state index contributed by atoms with van der Waals surface area (Å²) in [7, 11) is -3.87. The number of benzene rings is 2. The van der Waals surface area contributed by atoms with E-state index >= 15 is 0 Å². The summed E-state index contributed by atoms with van der Waals surface area (Å²) in [6, 6.07) is 10.6. The highest BCUT2D eigenvalue weighted by Crippen LogP contribution is 2.21. The van der Waals surface area contributed by atoms with Crippen LogP contribution in [0.2, 0.25) is 5.02 Å². The maximum Gasteiger partial charge on any atom is 0.244 e. The van der Waals surface area contributed by atoms with Crippen LogP contribution < -0.4 is 9.62 Å². The van der Waals surface area contributed by atoms with Gasteiger partial charge in [-0.2, -0.15) is 0 Å². The fourth-order valence-corrected chi connectivity index (χ4v) is 4.06. The highest BCUT2D eigenvalue weighted by atomic mass is 35.5. The van der Waals surface area contributed by atoms with Gasteiger partial charge < -0.3 is 10.2 Å². The summed E-state index contributed by atoms with van der Waals surface area (Å²) >= 11 is 6.25. The molecule has 0 saturated heterocycles. The molecule has 0 saturated carbocycles. The Morgan fingerprint density at radius 3 is 2.19 bits per heavy atom. The number of amides is 2. The third kappa shape index (κ3) is 6.93. The second-order valence-corrected chi connectivity index (χ2v) is 10.0. The van der Waals surface area contributed by atoms with E-state index in [1.807, 2.05) is 0 Å². The summed E-state index contributed by atoms with van der Waals surface area (Å²) in [4.78, 5) is 27.2. The number of sulfonamides is 1. The first-order valence-electron chi connectivity index (χ1n) is 9.96. The Morgan fingerprint density at radius 2 is 1.66 bits per heavy atom. The van der Waals surface area contributed by atoms with Crippen LogP contribution in [0.3, 0.4) is 0 Å². The number of carbonyl (C=O) groups is 2.